The van der Waals surface area contributed by atoms with Crippen LogP contribution in [-0.4, -0.2) is 51.2 Å². The second-order valence-corrected chi connectivity index (χ2v) is 9.67. The van der Waals surface area contributed by atoms with E-state index in [1.54, 1.807) is 0 Å². The molecule has 7 heteroatoms. The average Bonchev–Trinajstić information content (AvgIpc) is 3.30. The molecule has 1 spiro atoms. The molecule has 0 aromatic heterocycles. The number of hydrogen-bond acceptors (Lipinski definition) is 3. The summed E-state index contributed by atoms with van der Waals surface area (Å²) in [7, 11) is -3.34. The minimum atomic E-state index is -3.34. The van der Waals surface area contributed by atoms with E-state index in [9.17, 15) is 8.42 Å². The van der Waals surface area contributed by atoms with Crippen LogP contribution in [0.25, 0.3) is 0 Å². The van der Waals surface area contributed by atoms with Crippen molar-refractivity contribution in [1.82, 2.24) is 14.9 Å². The van der Waals surface area contributed by atoms with Crippen molar-refractivity contribution in [2.45, 2.75) is 45.6 Å². The van der Waals surface area contributed by atoms with Crippen LogP contribution in [0.5, 0.6) is 0 Å². The minimum absolute atomic E-state index is 0.00765. The molecule has 0 atom stereocenters. The van der Waals surface area contributed by atoms with Gasteiger partial charge in [-0.2, -0.15) is 0 Å². The third kappa shape index (κ3) is 5.69. The summed E-state index contributed by atoms with van der Waals surface area (Å²) in [6, 6.07) is 9.56. The van der Waals surface area contributed by atoms with Gasteiger partial charge in [-0.05, 0) is 37.2 Å². The van der Waals surface area contributed by atoms with Gasteiger partial charge in [0.15, 0.2) is 5.96 Å². The van der Waals surface area contributed by atoms with E-state index in [1.165, 1.54) is 32.1 Å². The van der Waals surface area contributed by atoms with Crippen molar-refractivity contribution < 1.29 is 8.42 Å². The Hall–Kier alpha value is -1.60. The predicted molar refractivity (Wildman–Crippen MR) is 110 cm³/mol. The summed E-state index contributed by atoms with van der Waals surface area (Å²) >= 11 is 0. The van der Waals surface area contributed by atoms with Crippen LogP contribution in [0.15, 0.2) is 35.3 Å². The molecular weight excluding hydrogens is 360 g/mol. The van der Waals surface area contributed by atoms with Crippen molar-refractivity contribution in [2.24, 2.45) is 10.4 Å². The molecular formula is C20H32N4O2S. The molecule has 2 N–H and O–H groups in total. The molecule has 1 saturated heterocycles. The van der Waals surface area contributed by atoms with Gasteiger partial charge in [0.2, 0.25) is 10.0 Å². The van der Waals surface area contributed by atoms with Crippen LogP contribution in [0, 0.1) is 5.41 Å². The van der Waals surface area contributed by atoms with E-state index in [4.69, 9.17) is 0 Å². The van der Waals surface area contributed by atoms with Crippen molar-refractivity contribution in [1.29, 1.82) is 0 Å². The summed E-state index contributed by atoms with van der Waals surface area (Å²) in [6.07, 6.45) is 6.55. The van der Waals surface area contributed by atoms with Crippen molar-refractivity contribution in [3.8, 4) is 0 Å². The first kappa shape index (κ1) is 20.1. The van der Waals surface area contributed by atoms with Crippen LogP contribution in [0.1, 0.15) is 44.6 Å². The maximum atomic E-state index is 12.3. The molecule has 0 radical (unpaired) electrons. The third-order valence-corrected chi connectivity index (χ3v) is 7.00. The van der Waals surface area contributed by atoms with E-state index in [0.717, 1.165) is 31.2 Å². The lowest BCUT2D eigenvalue weighted by Gasteiger charge is -2.26. The van der Waals surface area contributed by atoms with E-state index in [2.05, 4.69) is 26.9 Å². The molecule has 1 aliphatic heterocycles. The highest BCUT2D eigenvalue weighted by Crippen LogP contribution is 2.45. The van der Waals surface area contributed by atoms with E-state index in [0.29, 0.717) is 12.0 Å². The lowest BCUT2D eigenvalue weighted by Crippen LogP contribution is -2.41. The van der Waals surface area contributed by atoms with Crippen molar-refractivity contribution in [2.75, 3.05) is 31.9 Å². The summed E-state index contributed by atoms with van der Waals surface area (Å²) < 4.78 is 27.2. The SMILES string of the molecule is CCNC(=NCCS(=O)(=O)NCc1ccccc1)N1CCC2(CCCC2)C1. The molecule has 0 amide bonds. The Morgan fingerprint density at radius 3 is 2.63 bits per heavy atom. The van der Waals surface area contributed by atoms with Crippen molar-refractivity contribution in [3.63, 3.8) is 0 Å². The Labute approximate surface area is 163 Å². The number of aliphatic imine (C=N–C) groups is 1. The quantitative estimate of drug-likeness (QED) is 0.552. The van der Waals surface area contributed by atoms with Gasteiger partial charge in [0, 0.05) is 26.2 Å². The summed E-state index contributed by atoms with van der Waals surface area (Å²) in [4.78, 5) is 6.92. The second kappa shape index (κ2) is 9.06. The zero-order chi connectivity index (χ0) is 19.2. The van der Waals surface area contributed by atoms with Gasteiger partial charge in [0.25, 0.3) is 0 Å². The van der Waals surface area contributed by atoms with Crippen LogP contribution in [0.4, 0.5) is 0 Å². The van der Waals surface area contributed by atoms with Crippen molar-refractivity contribution >= 4 is 16.0 Å². The molecule has 6 nitrogen and oxygen atoms in total. The van der Waals surface area contributed by atoms with E-state index < -0.39 is 10.0 Å². The Balaban J connectivity index is 1.52. The van der Waals surface area contributed by atoms with E-state index in [-0.39, 0.29) is 12.3 Å². The molecule has 1 aromatic carbocycles. The first-order chi connectivity index (χ1) is 13.0. The standard InChI is InChI=1S/C20H32N4O2S/c1-2-21-19(24-14-12-20(17-24)10-6-7-11-20)22-13-15-27(25,26)23-16-18-8-4-3-5-9-18/h3-5,8-9,23H,2,6-7,10-17H2,1H3,(H,21,22). The number of sulfonamides is 1. The Bertz CT molecular complexity index is 728. The highest BCUT2D eigenvalue weighted by Gasteiger charge is 2.41. The first-order valence-corrected chi connectivity index (χ1v) is 11.7. The van der Waals surface area contributed by atoms with Crippen LogP contribution in [0.2, 0.25) is 0 Å². The van der Waals surface area contributed by atoms with Crippen LogP contribution < -0.4 is 10.0 Å². The smallest absolute Gasteiger partial charge is 0.213 e. The van der Waals surface area contributed by atoms with Crippen molar-refractivity contribution in [3.05, 3.63) is 35.9 Å². The summed E-state index contributed by atoms with van der Waals surface area (Å²) in [5.41, 5.74) is 1.43. The number of guanidine groups is 1. The fraction of sp³-hybridized carbons (Fsp3) is 0.650. The van der Waals surface area contributed by atoms with Gasteiger partial charge >= 0.3 is 0 Å². The maximum Gasteiger partial charge on any atom is 0.213 e. The molecule has 150 valence electrons. The average molecular weight is 393 g/mol. The molecule has 1 aliphatic carbocycles. The number of nitrogens with one attached hydrogen (secondary N) is 2. The van der Waals surface area contributed by atoms with E-state index >= 15 is 0 Å². The summed E-state index contributed by atoms with van der Waals surface area (Å²) in [5, 5.41) is 3.34. The highest BCUT2D eigenvalue weighted by atomic mass is 32.2. The normalized spacial score (nSPS) is 19.7. The Kier molecular flexibility index (Phi) is 6.76. The van der Waals surface area contributed by atoms with Crippen LogP contribution in [0.3, 0.4) is 0 Å². The number of nitrogens with zero attached hydrogens (tertiary/aromatic N) is 2. The molecule has 2 aliphatic rings. The molecule has 3 rings (SSSR count). The van der Waals surface area contributed by atoms with Crippen LogP contribution >= 0.6 is 0 Å². The number of likely N-dealkylation sites (tertiary alicyclic amines) is 1. The number of benzene rings is 1. The lowest BCUT2D eigenvalue weighted by molar-refractivity contribution is 0.309. The number of rotatable bonds is 7. The highest BCUT2D eigenvalue weighted by molar-refractivity contribution is 7.89. The fourth-order valence-electron chi connectivity index (χ4n) is 4.21. The number of hydrogen-bond donors (Lipinski definition) is 2. The molecule has 27 heavy (non-hydrogen) atoms. The largest absolute Gasteiger partial charge is 0.357 e. The van der Waals surface area contributed by atoms with Gasteiger partial charge in [0.05, 0.1) is 12.3 Å². The molecule has 2 fully saturated rings. The van der Waals surface area contributed by atoms with Gasteiger partial charge in [-0.1, -0.05) is 43.2 Å². The topological polar surface area (TPSA) is 73.8 Å². The molecule has 1 saturated carbocycles. The monoisotopic (exact) mass is 392 g/mol. The van der Waals surface area contributed by atoms with Gasteiger partial charge < -0.3 is 10.2 Å². The second-order valence-electron chi connectivity index (χ2n) is 7.74. The van der Waals surface area contributed by atoms with Gasteiger partial charge in [-0.15, -0.1) is 0 Å². The fourth-order valence-corrected chi connectivity index (χ4v) is 5.07. The molecule has 0 unspecified atom stereocenters. The summed E-state index contributed by atoms with van der Waals surface area (Å²) in [6.45, 7) is 5.51. The summed E-state index contributed by atoms with van der Waals surface area (Å²) in [5.74, 6) is 0.868. The minimum Gasteiger partial charge on any atom is -0.357 e. The molecule has 1 heterocycles. The van der Waals surface area contributed by atoms with Gasteiger partial charge in [-0.25, -0.2) is 13.1 Å². The zero-order valence-corrected chi connectivity index (χ0v) is 17.1. The maximum absolute atomic E-state index is 12.3. The third-order valence-electron chi connectivity index (χ3n) is 5.70. The van der Waals surface area contributed by atoms with Gasteiger partial charge in [0.1, 0.15) is 0 Å². The molecule has 1 aromatic rings. The molecule has 0 bridgehead atoms. The Morgan fingerprint density at radius 1 is 1.19 bits per heavy atom. The Morgan fingerprint density at radius 2 is 1.93 bits per heavy atom. The van der Waals surface area contributed by atoms with Gasteiger partial charge in [-0.3, -0.25) is 4.99 Å². The lowest BCUT2D eigenvalue weighted by atomic mass is 9.86. The first-order valence-electron chi connectivity index (χ1n) is 10.1. The van der Waals surface area contributed by atoms with E-state index in [1.807, 2.05) is 30.3 Å². The van der Waals surface area contributed by atoms with Crippen LogP contribution in [-0.2, 0) is 16.6 Å². The predicted octanol–water partition coefficient (Wildman–Crippen LogP) is 2.34. The zero-order valence-electron chi connectivity index (χ0n) is 16.3.